The van der Waals surface area contributed by atoms with Gasteiger partial charge in [0.15, 0.2) is 6.23 Å². The van der Waals surface area contributed by atoms with Crippen LogP contribution in [0, 0.1) is 6.92 Å². The number of aliphatic hydroxyl groups is 1. The summed E-state index contributed by atoms with van der Waals surface area (Å²) < 4.78 is 36.6. The maximum Gasteiger partial charge on any atom is 0.459 e. The molecule has 3 unspecified atom stereocenters. The number of halogens is 1. The van der Waals surface area contributed by atoms with E-state index < -0.39 is 67.5 Å². The van der Waals surface area contributed by atoms with Gasteiger partial charge in [-0.15, -0.1) is 11.6 Å². The van der Waals surface area contributed by atoms with Crippen LogP contribution in [0.4, 0.5) is 0 Å². The minimum atomic E-state index is -4.21. The normalized spacial score (nSPS) is 24.3. The summed E-state index contributed by atoms with van der Waals surface area (Å²) in [5.41, 5.74) is -1.09. The lowest BCUT2D eigenvalue weighted by Gasteiger charge is -2.25. The van der Waals surface area contributed by atoms with Gasteiger partial charge in [-0.05, 0) is 39.8 Å². The van der Waals surface area contributed by atoms with Gasteiger partial charge in [0, 0.05) is 11.8 Å². The van der Waals surface area contributed by atoms with Crippen molar-refractivity contribution in [1.82, 2.24) is 14.6 Å². The summed E-state index contributed by atoms with van der Waals surface area (Å²) >= 11 is 6.32. The molecule has 1 aromatic carbocycles. The van der Waals surface area contributed by atoms with Gasteiger partial charge in [0.1, 0.15) is 29.4 Å². The fourth-order valence-corrected chi connectivity index (χ4v) is 5.19. The van der Waals surface area contributed by atoms with E-state index in [1.165, 1.54) is 20.0 Å². The number of esters is 1. The van der Waals surface area contributed by atoms with Crippen molar-refractivity contribution in [2.75, 3.05) is 6.61 Å². The van der Waals surface area contributed by atoms with Gasteiger partial charge >= 0.3 is 19.4 Å². The van der Waals surface area contributed by atoms with Crippen molar-refractivity contribution < 1.29 is 33.0 Å². The number of hydrogen-bond donors (Lipinski definition) is 3. The molecule has 0 bridgehead atoms. The van der Waals surface area contributed by atoms with Crippen molar-refractivity contribution in [3.8, 4) is 5.75 Å². The van der Waals surface area contributed by atoms with Crippen LogP contribution in [0.25, 0.3) is 0 Å². The number of rotatable bonds is 10. The van der Waals surface area contributed by atoms with Gasteiger partial charge in [0.25, 0.3) is 5.56 Å². The molecule has 1 aliphatic heterocycles. The fourth-order valence-electron chi connectivity index (χ4n) is 3.35. The van der Waals surface area contributed by atoms with Crippen LogP contribution in [0.15, 0.2) is 46.1 Å². The van der Waals surface area contributed by atoms with Gasteiger partial charge in [0.2, 0.25) is 0 Å². The number of aromatic amines is 1. The zero-order valence-corrected chi connectivity index (χ0v) is 21.8. The molecule has 6 atom stereocenters. The van der Waals surface area contributed by atoms with Crippen LogP contribution in [0.1, 0.15) is 32.6 Å². The molecule has 36 heavy (non-hydrogen) atoms. The number of hydrogen-bond acceptors (Lipinski definition) is 9. The minimum Gasteiger partial charge on any atom is -0.462 e. The molecular formula is C22H29ClN3O9P. The number of aliphatic hydroxyl groups excluding tert-OH is 1. The van der Waals surface area contributed by atoms with Crippen LogP contribution >= 0.6 is 19.3 Å². The second-order valence-electron chi connectivity index (χ2n) is 8.51. The van der Waals surface area contributed by atoms with Crippen molar-refractivity contribution in [2.24, 2.45) is 0 Å². The first kappa shape index (κ1) is 28.1. The molecular weight excluding hydrogens is 517 g/mol. The summed E-state index contributed by atoms with van der Waals surface area (Å²) in [4.78, 5) is 38.3. The summed E-state index contributed by atoms with van der Waals surface area (Å²) in [6.45, 7) is 5.81. The summed E-state index contributed by atoms with van der Waals surface area (Å²) in [5.74, 6) is -0.467. The number of nitrogens with zero attached hydrogens (tertiary/aromatic N) is 1. The number of H-pyrrole nitrogens is 1. The highest BCUT2D eigenvalue weighted by Gasteiger charge is 2.45. The van der Waals surface area contributed by atoms with E-state index in [1.54, 1.807) is 44.2 Å². The predicted molar refractivity (Wildman–Crippen MR) is 130 cm³/mol. The Balaban J connectivity index is 1.77. The Kier molecular flexibility index (Phi) is 9.15. The van der Waals surface area contributed by atoms with E-state index in [4.69, 9.17) is 30.1 Å². The van der Waals surface area contributed by atoms with Crippen LogP contribution < -0.4 is 20.9 Å². The number of aryl methyl sites for hydroxylation is 1. The van der Waals surface area contributed by atoms with E-state index in [9.17, 15) is 24.1 Å². The van der Waals surface area contributed by atoms with Gasteiger partial charge in [-0.2, -0.15) is 5.09 Å². The number of nitrogens with one attached hydrogen (secondary N) is 2. The largest absolute Gasteiger partial charge is 0.462 e. The van der Waals surface area contributed by atoms with Gasteiger partial charge in [-0.1, -0.05) is 18.2 Å². The van der Waals surface area contributed by atoms with E-state index >= 15 is 0 Å². The van der Waals surface area contributed by atoms with Crippen LogP contribution in [-0.2, 0) is 23.4 Å². The zero-order chi connectivity index (χ0) is 26.6. The quantitative estimate of drug-likeness (QED) is 0.228. The lowest BCUT2D eigenvalue weighted by atomic mass is 10.2. The van der Waals surface area contributed by atoms with E-state index in [0.29, 0.717) is 0 Å². The second-order valence-corrected chi connectivity index (χ2v) is 10.7. The Hall–Kier alpha value is -2.47. The first-order chi connectivity index (χ1) is 16.9. The van der Waals surface area contributed by atoms with E-state index in [-0.39, 0.29) is 11.3 Å². The molecule has 1 aromatic heterocycles. The van der Waals surface area contributed by atoms with Crippen LogP contribution in [0.5, 0.6) is 5.75 Å². The highest BCUT2D eigenvalue weighted by Crippen LogP contribution is 2.46. The van der Waals surface area contributed by atoms with Gasteiger partial charge in [-0.25, -0.2) is 9.36 Å². The molecule has 0 spiro atoms. The molecule has 1 aliphatic rings. The Morgan fingerprint density at radius 2 is 1.94 bits per heavy atom. The van der Waals surface area contributed by atoms with Crippen molar-refractivity contribution >= 4 is 25.3 Å². The lowest BCUT2D eigenvalue weighted by molar-refractivity contribution is -0.149. The molecule has 0 radical (unpaired) electrons. The molecule has 198 valence electrons. The molecule has 2 heterocycles. The molecule has 2 aromatic rings. The molecule has 12 nitrogen and oxygen atoms in total. The molecule has 14 heteroatoms. The third kappa shape index (κ3) is 6.84. The fraction of sp³-hybridized carbons (Fsp3) is 0.500. The molecule has 1 saturated heterocycles. The predicted octanol–water partition coefficient (Wildman–Crippen LogP) is 1.84. The van der Waals surface area contributed by atoms with Crippen molar-refractivity contribution in [2.45, 2.75) is 63.7 Å². The number of carbonyl (C=O) groups excluding carboxylic acids is 1. The lowest BCUT2D eigenvalue weighted by Crippen LogP contribution is -2.37. The molecule has 0 saturated carbocycles. The standard InChI is InChI=1S/C22H29ClN3O9P/c1-12(2)33-21(29)14(4)25-36(31,35-15-8-6-5-7-9-15)32-11-16-18(27)17(23)20(34-16)26-10-13(3)19(28)24-22(26)30/h5-10,12,14,16-18,20,27H,11H2,1-4H3,(H,25,31)(H,24,28,30)/t14-,16?,17?,18+,20-,36?/m0/s1. The number of para-hydroxylation sites is 1. The Bertz CT molecular complexity index is 1220. The number of ether oxygens (including phenoxy) is 2. The highest BCUT2D eigenvalue weighted by molar-refractivity contribution is 7.52. The van der Waals surface area contributed by atoms with E-state index in [2.05, 4.69) is 10.1 Å². The average Bonchev–Trinajstić information content (AvgIpc) is 3.08. The second kappa shape index (κ2) is 11.7. The number of carbonyl (C=O) groups is 1. The first-order valence-electron chi connectivity index (χ1n) is 11.2. The van der Waals surface area contributed by atoms with Gasteiger partial charge in [0.05, 0.1) is 12.7 Å². The number of alkyl halides is 1. The molecule has 3 rings (SSSR count). The molecule has 1 fully saturated rings. The molecule has 0 amide bonds. The zero-order valence-electron chi connectivity index (χ0n) is 20.1. The average molecular weight is 546 g/mol. The molecule has 0 aliphatic carbocycles. The maximum absolute atomic E-state index is 13.6. The third-order valence-corrected chi connectivity index (χ3v) is 7.27. The Morgan fingerprint density at radius 1 is 1.28 bits per heavy atom. The summed E-state index contributed by atoms with van der Waals surface area (Å²) in [6, 6.07) is 7.09. The minimum absolute atomic E-state index is 0.203. The van der Waals surface area contributed by atoms with Crippen molar-refractivity contribution in [3.63, 3.8) is 0 Å². The third-order valence-electron chi connectivity index (χ3n) is 5.15. The maximum atomic E-state index is 13.6. The van der Waals surface area contributed by atoms with Crippen molar-refractivity contribution in [3.05, 3.63) is 62.9 Å². The highest BCUT2D eigenvalue weighted by atomic mass is 35.5. The number of benzene rings is 1. The first-order valence-corrected chi connectivity index (χ1v) is 13.2. The topological polar surface area (TPSA) is 158 Å². The van der Waals surface area contributed by atoms with E-state index in [1.807, 2.05) is 0 Å². The number of aromatic nitrogens is 2. The SMILES string of the molecule is Cc1cn([C@H]2OC(COP(=O)(N[C@@H](C)C(=O)OC(C)C)Oc3ccccc3)[C@@H](O)C2Cl)c(=O)[nH]c1=O. The Morgan fingerprint density at radius 3 is 2.58 bits per heavy atom. The Labute approximate surface area is 212 Å². The van der Waals surface area contributed by atoms with Crippen molar-refractivity contribution in [1.29, 1.82) is 0 Å². The van der Waals surface area contributed by atoms with E-state index in [0.717, 1.165) is 4.57 Å². The van der Waals surface area contributed by atoms with Crippen LogP contribution in [0.3, 0.4) is 0 Å². The summed E-state index contributed by atoms with van der Waals surface area (Å²) in [5, 5.41) is 12.1. The van der Waals surface area contributed by atoms with Crippen LogP contribution in [-0.4, -0.2) is 57.0 Å². The monoisotopic (exact) mass is 545 g/mol. The summed E-state index contributed by atoms with van der Waals surface area (Å²) in [6.07, 6.45) is -2.71. The summed E-state index contributed by atoms with van der Waals surface area (Å²) in [7, 11) is -4.21. The molecule has 3 N–H and O–H groups in total. The smallest absolute Gasteiger partial charge is 0.459 e. The van der Waals surface area contributed by atoms with Crippen LogP contribution in [0.2, 0.25) is 0 Å². The van der Waals surface area contributed by atoms with Gasteiger partial charge in [-0.3, -0.25) is 23.7 Å². The van der Waals surface area contributed by atoms with Gasteiger partial charge < -0.3 is 19.1 Å².